The first-order valence-corrected chi connectivity index (χ1v) is 7.72. The van der Waals surface area contributed by atoms with E-state index in [1.807, 2.05) is 50.2 Å². The Kier molecular flexibility index (Phi) is 3.98. The zero-order valence-electron chi connectivity index (χ0n) is 12.3. The van der Waals surface area contributed by atoms with Crippen molar-refractivity contribution in [2.24, 2.45) is 0 Å². The van der Waals surface area contributed by atoms with Crippen LogP contribution in [0.2, 0.25) is 0 Å². The summed E-state index contributed by atoms with van der Waals surface area (Å²) in [6.45, 7) is 4.02. The third kappa shape index (κ3) is 3.20. The van der Waals surface area contributed by atoms with Crippen LogP contribution in [0.5, 0.6) is 0 Å². The number of hydrogen-bond acceptors (Lipinski definition) is 4. The van der Waals surface area contributed by atoms with E-state index < -0.39 is 0 Å². The van der Waals surface area contributed by atoms with Crippen molar-refractivity contribution in [2.75, 3.05) is 5.32 Å². The molecule has 110 valence electrons. The Balaban J connectivity index is 1.77. The molecule has 1 heterocycles. The molecule has 22 heavy (non-hydrogen) atoms. The minimum absolute atomic E-state index is 0.174. The van der Waals surface area contributed by atoms with Gasteiger partial charge in [-0.1, -0.05) is 52.8 Å². The molecule has 0 fully saturated rings. The fourth-order valence-corrected chi connectivity index (χ4v) is 2.78. The van der Waals surface area contributed by atoms with Gasteiger partial charge in [-0.15, -0.1) is 10.2 Å². The molecule has 1 N–H and O–H groups in total. The third-order valence-corrected chi connectivity index (χ3v) is 4.11. The van der Waals surface area contributed by atoms with E-state index in [-0.39, 0.29) is 5.91 Å². The molecule has 1 aromatic heterocycles. The summed E-state index contributed by atoms with van der Waals surface area (Å²) < 4.78 is 0. The van der Waals surface area contributed by atoms with Gasteiger partial charge >= 0.3 is 0 Å². The van der Waals surface area contributed by atoms with Crippen molar-refractivity contribution in [1.82, 2.24) is 10.2 Å². The van der Waals surface area contributed by atoms with Gasteiger partial charge in [0.2, 0.25) is 5.13 Å². The summed E-state index contributed by atoms with van der Waals surface area (Å²) in [5, 5.41) is 12.3. The molecule has 4 nitrogen and oxygen atoms in total. The van der Waals surface area contributed by atoms with Gasteiger partial charge in [-0.05, 0) is 32.0 Å². The predicted octanol–water partition coefficient (Wildman–Crippen LogP) is 4.07. The van der Waals surface area contributed by atoms with Gasteiger partial charge in [-0.3, -0.25) is 10.1 Å². The highest BCUT2D eigenvalue weighted by molar-refractivity contribution is 7.18. The summed E-state index contributed by atoms with van der Waals surface area (Å²) >= 11 is 1.37. The molecule has 1 amide bonds. The molecule has 0 radical (unpaired) electrons. The van der Waals surface area contributed by atoms with Crippen molar-refractivity contribution in [1.29, 1.82) is 0 Å². The standard InChI is InChI=1S/C17H15N3OS/c1-11-6-8-13(9-7-11)15(21)18-17-20-19-16(22-17)14-5-3-4-12(2)10-14/h3-10H,1-2H3,(H,18,20,21). The van der Waals surface area contributed by atoms with Crippen LogP contribution in [0.4, 0.5) is 5.13 Å². The summed E-state index contributed by atoms with van der Waals surface area (Å²) in [5.74, 6) is -0.174. The topological polar surface area (TPSA) is 54.9 Å². The number of carbonyl (C=O) groups is 1. The van der Waals surface area contributed by atoms with Crippen LogP contribution in [0.25, 0.3) is 10.6 Å². The zero-order chi connectivity index (χ0) is 15.5. The van der Waals surface area contributed by atoms with Crippen LogP contribution in [-0.2, 0) is 0 Å². The maximum absolute atomic E-state index is 12.2. The highest BCUT2D eigenvalue weighted by Crippen LogP contribution is 2.27. The van der Waals surface area contributed by atoms with Gasteiger partial charge in [0.1, 0.15) is 5.01 Å². The second kappa shape index (κ2) is 6.07. The van der Waals surface area contributed by atoms with E-state index >= 15 is 0 Å². The van der Waals surface area contributed by atoms with Gasteiger partial charge in [0.05, 0.1) is 0 Å². The number of aromatic nitrogens is 2. The van der Waals surface area contributed by atoms with Gasteiger partial charge in [-0.25, -0.2) is 0 Å². The molecule has 3 aromatic rings. The number of amides is 1. The van der Waals surface area contributed by atoms with Gasteiger partial charge in [-0.2, -0.15) is 0 Å². The van der Waals surface area contributed by atoms with E-state index in [0.29, 0.717) is 10.7 Å². The van der Waals surface area contributed by atoms with E-state index in [1.54, 1.807) is 12.1 Å². The van der Waals surface area contributed by atoms with Gasteiger partial charge in [0.15, 0.2) is 0 Å². The normalized spacial score (nSPS) is 10.5. The first kappa shape index (κ1) is 14.4. The quantitative estimate of drug-likeness (QED) is 0.793. The van der Waals surface area contributed by atoms with Crippen molar-refractivity contribution >= 4 is 22.4 Å². The van der Waals surface area contributed by atoms with Crippen LogP contribution in [0.3, 0.4) is 0 Å². The summed E-state index contributed by atoms with van der Waals surface area (Å²) in [7, 11) is 0. The number of anilines is 1. The molecule has 0 saturated heterocycles. The SMILES string of the molecule is Cc1ccc(C(=O)Nc2nnc(-c3cccc(C)c3)s2)cc1. The second-order valence-corrected chi connectivity index (χ2v) is 6.08. The van der Waals surface area contributed by atoms with Crippen LogP contribution < -0.4 is 5.32 Å². The largest absolute Gasteiger partial charge is 0.296 e. The molecule has 0 aliphatic carbocycles. The molecule has 0 spiro atoms. The van der Waals surface area contributed by atoms with Crippen molar-refractivity contribution in [2.45, 2.75) is 13.8 Å². The van der Waals surface area contributed by atoms with Crippen molar-refractivity contribution in [3.05, 3.63) is 65.2 Å². The Morgan fingerprint density at radius 3 is 2.50 bits per heavy atom. The minimum Gasteiger partial charge on any atom is -0.296 e. The smallest absolute Gasteiger partial charge is 0.257 e. The summed E-state index contributed by atoms with van der Waals surface area (Å²) in [4.78, 5) is 12.2. The Morgan fingerprint density at radius 2 is 1.77 bits per heavy atom. The Hall–Kier alpha value is -2.53. The molecule has 0 unspecified atom stereocenters. The minimum atomic E-state index is -0.174. The molecule has 0 aliphatic heterocycles. The van der Waals surface area contributed by atoms with Crippen LogP contribution >= 0.6 is 11.3 Å². The average molecular weight is 309 g/mol. The number of aryl methyl sites for hydroxylation is 2. The lowest BCUT2D eigenvalue weighted by Gasteiger charge is -2.01. The average Bonchev–Trinajstić information content (AvgIpc) is 2.96. The molecular formula is C17H15N3OS. The van der Waals surface area contributed by atoms with E-state index in [1.165, 1.54) is 11.3 Å². The summed E-state index contributed by atoms with van der Waals surface area (Å²) in [6.07, 6.45) is 0. The molecule has 0 bridgehead atoms. The van der Waals surface area contributed by atoms with Crippen LogP contribution in [0.15, 0.2) is 48.5 Å². The number of benzene rings is 2. The van der Waals surface area contributed by atoms with Gasteiger partial charge in [0.25, 0.3) is 5.91 Å². The number of hydrogen-bond donors (Lipinski definition) is 1. The molecule has 0 saturated carbocycles. The first-order valence-electron chi connectivity index (χ1n) is 6.90. The monoisotopic (exact) mass is 309 g/mol. The lowest BCUT2D eigenvalue weighted by atomic mass is 10.1. The molecule has 5 heteroatoms. The Morgan fingerprint density at radius 1 is 1.00 bits per heavy atom. The molecule has 2 aromatic carbocycles. The maximum Gasteiger partial charge on any atom is 0.257 e. The number of nitrogens with zero attached hydrogens (tertiary/aromatic N) is 2. The van der Waals surface area contributed by atoms with Gasteiger partial charge < -0.3 is 0 Å². The van der Waals surface area contributed by atoms with Crippen LogP contribution in [0, 0.1) is 13.8 Å². The van der Waals surface area contributed by atoms with Crippen molar-refractivity contribution in [3.8, 4) is 10.6 Å². The van der Waals surface area contributed by atoms with E-state index in [0.717, 1.165) is 21.7 Å². The number of nitrogens with one attached hydrogen (secondary N) is 1. The molecule has 3 rings (SSSR count). The fraction of sp³-hybridized carbons (Fsp3) is 0.118. The lowest BCUT2D eigenvalue weighted by molar-refractivity contribution is 0.102. The third-order valence-electron chi connectivity index (χ3n) is 3.22. The predicted molar refractivity (Wildman–Crippen MR) is 89.2 cm³/mol. The van der Waals surface area contributed by atoms with Crippen molar-refractivity contribution in [3.63, 3.8) is 0 Å². The van der Waals surface area contributed by atoms with Crippen LogP contribution in [0.1, 0.15) is 21.5 Å². The Bertz CT molecular complexity index is 809. The highest BCUT2D eigenvalue weighted by Gasteiger charge is 2.11. The maximum atomic E-state index is 12.2. The summed E-state index contributed by atoms with van der Waals surface area (Å²) in [6, 6.07) is 15.5. The highest BCUT2D eigenvalue weighted by atomic mass is 32.1. The zero-order valence-corrected chi connectivity index (χ0v) is 13.1. The lowest BCUT2D eigenvalue weighted by Crippen LogP contribution is -2.11. The number of carbonyl (C=O) groups excluding carboxylic acids is 1. The second-order valence-electron chi connectivity index (χ2n) is 5.10. The van der Waals surface area contributed by atoms with Crippen molar-refractivity contribution < 1.29 is 4.79 Å². The molecule has 0 aliphatic rings. The van der Waals surface area contributed by atoms with E-state index in [2.05, 4.69) is 15.5 Å². The van der Waals surface area contributed by atoms with Crippen LogP contribution in [-0.4, -0.2) is 16.1 Å². The Labute approximate surface area is 132 Å². The molecular weight excluding hydrogens is 294 g/mol. The van der Waals surface area contributed by atoms with Gasteiger partial charge in [0, 0.05) is 11.1 Å². The number of rotatable bonds is 3. The molecule has 0 atom stereocenters. The fourth-order valence-electron chi connectivity index (χ4n) is 2.04. The van der Waals surface area contributed by atoms with E-state index in [9.17, 15) is 4.79 Å². The van der Waals surface area contributed by atoms with E-state index in [4.69, 9.17) is 0 Å². The summed E-state index contributed by atoms with van der Waals surface area (Å²) in [5.41, 5.74) is 3.90. The first-order chi connectivity index (χ1) is 10.6.